The van der Waals surface area contributed by atoms with Crippen molar-refractivity contribution in [3.63, 3.8) is 0 Å². The molecule has 0 aliphatic carbocycles. The molecule has 1 atom stereocenters. The summed E-state index contributed by atoms with van der Waals surface area (Å²) in [5.41, 5.74) is 0. The zero-order valence-electron chi connectivity index (χ0n) is 7.00. The first-order valence-corrected chi connectivity index (χ1v) is 3.71. The van der Waals surface area contributed by atoms with Gasteiger partial charge in [-0.25, -0.2) is 4.98 Å². The Balaban J connectivity index is 2.82. The Bertz CT molecular complexity index is 207. The SMILES string of the molecule is CC(C)c1n[nH]c([C@H](C)O)n1. The summed E-state index contributed by atoms with van der Waals surface area (Å²) < 4.78 is 0. The highest BCUT2D eigenvalue weighted by Gasteiger charge is 2.09. The van der Waals surface area contributed by atoms with Crippen LogP contribution in [0.2, 0.25) is 0 Å². The number of aliphatic hydroxyl groups is 1. The minimum absolute atomic E-state index is 0.304. The van der Waals surface area contributed by atoms with Gasteiger partial charge in [0.15, 0.2) is 11.6 Å². The van der Waals surface area contributed by atoms with Gasteiger partial charge in [-0.15, -0.1) is 0 Å². The molecule has 0 saturated heterocycles. The topological polar surface area (TPSA) is 61.8 Å². The number of hydrogen-bond acceptors (Lipinski definition) is 3. The molecular weight excluding hydrogens is 142 g/mol. The summed E-state index contributed by atoms with van der Waals surface area (Å²) >= 11 is 0. The monoisotopic (exact) mass is 155 g/mol. The van der Waals surface area contributed by atoms with Crippen LogP contribution >= 0.6 is 0 Å². The molecule has 1 aromatic rings. The van der Waals surface area contributed by atoms with E-state index >= 15 is 0 Å². The summed E-state index contributed by atoms with van der Waals surface area (Å²) in [4.78, 5) is 4.09. The average molecular weight is 155 g/mol. The van der Waals surface area contributed by atoms with Gasteiger partial charge in [-0.2, -0.15) is 5.10 Å². The third-order valence-corrected chi connectivity index (χ3v) is 1.43. The van der Waals surface area contributed by atoms with Crippen LogP contribution in [-0.2, 0) is 0 Å². The minimum Gasteiger partial charge on any atom is -0.385 e. The van der Waals surface area contributed by atoms with Gasteiger partial charge in [-0.05, 0) is 6.92 Å². The first-order valence-electron chi connectivity index (χ1n) is 3.71. The maximum Gasteiger partial charge on any atom is 0.153 e. The van der Waals surface area contributed by atoms with Crippen molar-refractivity contribution in [1.29, 1.82) is 0 Å². The molecule has 0 aliphatic rings. The van der Waals surface area contributed by atoms with Gasteiger partial charge in [0.05, 0.1) is 0 Å². The summed E-state index contributed by atoms with van der Waals surface area (Å²) in [6, 6.07) is 0. The van der Waals surface area contributed by atoms with Gasteiger partial charge in [-0.3, -0.25) is 5.10 Å². The molecule has 0 aromatic carbocycles. The molecule has 1 heterocycles. The number of aliphatic hydroxyl groups excluding tert-OH is 1. The van der Waals surface area contributed by atoms with Crippen LogP contribution in [-0.4, -0.2) is 20.3 Å². The van der Waals surface area contributed by atoms with Crippen LogP contribution in [0.15, 0.2) is 0 Å². The number of hydrogen-bond donors (Lipinski definition) is 2. The average Bonchev–Trinajstić information content (AvgIpc) is 2.33. The van der Waals surface area contributed by atoms with E-state index in [0.29, 0.717) is 11.7 Å². The van der Waals surface area contributed by atoms with E-state index in [1.54, 1.807) is 6.92 Å². The first kappa shape index (κ1) is 8.20. The molecule has 1 rings (SSSR count). The Hall–Kier alpha value is -0.900. The second kappa shape index (κ2) is 3.00. The number of aromatic nitrogens is 3. The fourth-order valence-electron chi connectivity index (χ4n) is 0.733. The van der Waals surface area contributed by atoms with Crippen LogP contribution in [0.3, 0.4) is 0 Å². The lowest BCUT2D eigenvalue weighted by Crippen LogP contribution is -1.94. The predicted molar refractivity (Wildman–Crippen MR) is 41.1 cm³/mol. The fourth-order valence-corrected chi connectivity index (χ4v) is 0.733. The molecule has 0 aliphatic heterocycles. The largest absolute Gasteiger partial charge is 0.385 e. The quantitative estimate of drug-likeness (QED) is 0.669. The lowest BCUT2D eigenvalue weighted by Gasteiger charge is -1.96. The maximum atomic E-state index is 9.09. The summed E-state index contributed by atoms with van der Waals surface area (Å²) in [7, 11) is 0. The van der Waals surface area contributed by atoms with E-state index < -0.39 is 6.10 Å². The molecule has 0 saturated carbocycles. The lowest BCUT2D eigenvalue weighted by atomic mass is 10.2. The lowest BCUT2D eigenvalue weighted by molar-refractivity contribution is 0.189. The third-order valence-electron chi connectivity index (χ3n) is 1.43. The Morgan fingerprint density at radius 3 is 2.27 bits per heavy atom. The summed E-state index contributed by atoms with van der Waals surface area (Å²) in [5.74, 6) is 1.59. The second-order valence-electron chi connectivity index (χ2n) is 2.91. The molecule has 1 aromatic heterocycles. The smallest absolute Gasteiger partial charge is 0.153 e. The standard InChI is InChI=1S/C7H13N3O/c1-4(2)6-8-7(5(3)11)10-9-6/h4-5,11H,1-3H3,(H,8,9,10)/t5-/m0/s1. The second-order valence-corrected chi connectivity index (χ2v) is 2.91. The summed E-state index contributed by atoms with van der Waals surface area (Å²) in [5, 5.41) is 15.7. The Kier molecular flexibility index (Phi) is 2.24. The highest BCUT2D eigenvalue weighted by Crippen LogP contribution is 2.11. The molecular formula is C7H13N3O. The third kappa shape index (κ3) is 1.77. The zero-order chi connectivity index (χ0) is 8.43. The van der Waals surface area contributed by atoms with Crippen molar-refractivity contribution in [2.75, 3.05) is 0 Å². The number of H-pyrrole nitrogens is 1. The summed E-state index contributed by atoms with van der Waals surface area (Å²) in [6.45, 7) is 5.68. The van der Waals surface area contributed by atoms with Crippen LogP contribution < -0.4 is 0 Å². The van der Waals surface area contributed by atoms with Gasteiger partial charge in [-0.1, -0.05) is 13.8 Å². The van der Waals surface area contributed by atoms with E-state index in [1.165, 1.54) is 0 Å². The molecule has 2 N–H and O–H groups in total. The molecule has 62 valence electrons. The van der Waals surface area contributed by atoms with Crippen LogP contribution in [0, 0.1) is 0 Å². The Labute approximate surface area is 65.7 Å². The van der Waals surface area contributed by atoms with Gasteiger partial charge in [0, 0.05) is 5.92 Å². The van der Waals surface area contributed by atoms with Crippen LogP contribution in [0.5, 0.6) is 0 Å². The molecule has 0 radical (unpaired) electrons. The first-order chi connectivity index (χ1) is 5.11. The van der Waals surface area contributed by atoms with Crippen LogP contribution in [0.1, 0.15) is 44.4 Å². The van der Waals surface area contributed by atoms with E-state index in [4.69, 9.17) is 5.11 Å². The van der Waals surface area contributed by atoms with Crippen molar-refractivity contribution < 1.29 is 5.11 Å². The molecule has 0 unspecified atom stereocenters. The number of rotatable bonds is 2. The van der Waals surface area contributed by atoms with E-state index in [2.05, 4.69) is 15.2 Å². The molecule has 0 amide bonds. The molecule has 0 fully saturated rings. The van der Waals surface area contributed by atoms with Crippen molar-refractivity contribution in [3.8, 4) is 0 Å². The summed E-state index contributed by atoms with van der Waals surface area (Å²) in [6.07, 6.45) is -0.560. The van der Waals surface area contributed by atoms with Gasteiger partial charge in [0.25, 0.3) is 0 Å². The van der Waals surface area contributed by atoms with E-state index in [0.717, 1.165) is 5.82 Å². The van der Waals surface area contributed by atoms with Crippen molar-refractivity contribution in [1.82, 2.24) is 15.2 Å². The van der Waals surface area contributed by atoms with Gasteiger partial charge in [0.2, 0.25) is 0 Å². The van der Waals surface area contributed by atoms with E-state index in [-0.39, 0.29) is 0 Å². The highest BCUT2D eigenvalue weighted by molar-refractivity contribution is 4.96. The minimum atomic E-state index is -0.560. The normalized spacial score (nSPS) is 13.9. The van der Waals surface area contributed by atoms with Crippen molar-refractivity contribution in [3.05, 3.63) is 11.6 Å². The van der Waals surface area contributed by atoms with Crippen molar-refractivity contribution in [2.24, 2.45) is 0 Å². The van der Waals surface area contributed by atoms with E-state index in [1.807, 2.05) is 13.8 Å². The highest BCUT2D eigenvalue weighted by atomic mass is 16.3. The molecule has 4 heteroatoms. The van der Waals surface area contributed by atoms with Crippen LogP contribution in [0.25, 0.3) is 0 Å². The van der Waals surface area contributed by atoms with Gasteiger partial charge in [0.1, 0.15) is 6.10 Å². The van der Waals surface area contributed by atoms with E-state index in [9.17, 15) is 0 Å². The number of aromatic amines is 1. The molecule has 0 bridgehead atoms. The van der Waals surface area contributed by atoms with Crippen LogP contribution in [0.4, 0.5) is 0 Å². The Morgan fingerprint density at radius 1 is 1.36 bits per heavy atom. The zero-order valence-corrected chi connectivity index (χ0v) is 7.00. The molecule has 4 nitrogen and oxygen atoms in total. The molecule has 0 spiro atoms. The Morgan fingerprint density at radius 2 is 2.00 bits per heavy atom. The van der Waals surface area contributed by atoms with Crippen molar-refractivity contribution in [2.45, 2.75) is 32.8 Å². The maximum absolute atomic E-state index is 9.09. The van der Waals surface area contributed by atoms with Gasteiger partial charge < -0.3 is 5.11 Å². The number of nitrogens with one attached hydrogen (secondary N) is 1. The fraction of sp³-hybridized carbons (Fsp3) is 0.714. The van der Waals surface area contributed by atoms with Crippen molar-refractivity contribution >= 4 is 0 Å². The van der Waals surface area contributed by atoms with Gasteiger partial charge >= 0.3 is 0 Å². The molecule has 11 heavy (non-hydrogen) atoms. The predicted octanol–water partition coefficient (Wildman–Crippen LogP) is 0.981. The number of nitrogens with zero attached hydrogens (tertiary/aromatic N) is 2.